The lowest BCUT2D eigenvalue weighted by Crippen LogP contribution is -1.99. The maximum atomic E-state index is 10.5. The van der Waals surface area contributed by atoms with Crippen LogP contribution in [0.25, 0.3) is 77.2 Å². The highest BCUT2D eigenvalue weighted by molar-refractivity contribution is 6.12. The zero-order chi connectivity index (χ0) is 30.6. The number of hydrogen-bond donors (Lipinski definition) is 0. The number of benzene rings is 7. The largest absolute Gasteiger partial charge is 0.309 e. The van der Waals surface area contributed by atoms with Gasteiger partial charge in [0.15, 0.2) is 0 Å². The molecule has 0 saturated heterocycles. The van der Waals surface area contributed by atoms with Gasteiger partial charge in [-0.1, -0.05) is 109 Å². The molecule has 0 fully saturated rings. The van der Waals surface area contributed by atoms with Gasteiger partial charge in [-0.3, -0.25) is 0 Å². The Balaban J connectivity index is 1.32. The van der Waals surface area contributed by atoms with Crippen molar-refractivity contribution in [2.45, 2.75) is 0 Å². The molecule has 0 N–H and O–H groups in total. The number of para-hydroxylation sites is 5. The molecule has 2 heterocycles. The van der Waals surface area contributed by atoms with E-state index in [1.807, 2.05) is 18.2 Å². The molecule has 214 valence electrons. The van der Waals surface area contributed by atoms with E-state index in [1.165, 1.54) is 16.2 Å². The Morgan fingerprint density at radius 1 is 0.413 bits per heavy atom. The Morgan fingerprint density at radius 3 is 1.65 bits per heavy atom. The Bertz CT molecular complexity index is 2600. The second-order valence-corrected chi connectivity index (χ2v) is 11.6. The van der Waals surface area contributed by atoms with Crippen LogP contribution in [-0.2, 0) is 0 Å². The molecule has 0 saturated carbocycles. The molecule has 0 aliphatic heterocycles. The van der Waals surface area contributed by atoms with E-state index in [2.05, 4.69) is 161 Å². The topological polar surface area (TPSA) is 33.6 Å². The Hall–Kier alpha value is -6.37. The summed E-state index contributed by atoms with van der Waals surface area (Å²) in [4.78, 5) is 0. The van der Waals surface area contributed by atoms with Crippen molar-refractivity contribution in [1.29, 1.82) is 5.26 Å². The van der Waals surface area contributed by atoms with Gasteiger partial charge in [-0.05, 0) is 65.7 Å². The van der Waals surface area contributed by atoms with Crippen molar-refractivity contribution in [2.75, 3.05) is 0 Å². The molecular formula is C43H27N3. The molecule has 9 aromatic rings. The molecule has 46 heavy (non-hydrogen) atoms. The maximum absolute atomic E-state index is 10.5. The molecular weight excluding hydrogens is 558 g/mol. The number of fused-ring (bicyclic) bond motifs is 6. The minimum atomic E-state index is 0.653. The van der Waals surface area contributed by atoms with Crippen molar-refractivity contribution in [3.63, 3.8) is 0 Å². The van der Waals surface area contributed by atoms with Gasteiger partial charge in [-0.2, -0.15) is 5.26 Å². The summed E-state index contributed by atoms with van der Waals surface area (Å²) in [7, 11) is 0. The van der Waals surface area contributed by atoms with Crippen LogP contribution in [-0.4, -0.2) is 9.13 Å². The van der Waals surface area contributed by atoms with E-state index in [0.717, 1.165) is 61.1 Å². The standard InChI is InChI=1S/C43H27N3/c44-28-30-13-12-20-36(34-18-6-11-24-41(34)46-39-22-9-4-16-32(39)33-17-5-10-23-40(33)46)43(30)29-25-26-42-37(27-29)35-19-7-8-21-38(35)45(42)31-14-2-1-3-15-31/h1-27H. The van der Waals surface area contributed by atoms with Crippen molar-refractivity contribution in [2.24, 2.45) is 0 Å². The number of hydrogen-bond acceptors (Lipinski definition) is 1. The summed E-state index contributed by atoms with van der Waals surface area (Å²) in [5.74, 6) is 0. The normalized spacial score (nSPS) is 11.5. The fourth-order valence-corrected chi connectivity index (χ4v) is 7.24. The third-order valence-corrected chi connectivity index (χ3v) is 9.18. The minimum absolute atomic E-state index is 0.653. The summed E-state index contributed by atoms with van der Waals surface area (Å²) >= 11 is 0. The van der Waals surface area contributed by atoms with E-state index in [1.54, 1.807) is 0 Å². The molecule has 2 aromatic heterocycles. The first-order valence-corrected chi connectivity index (χ1v) is 15.5. The number of rotatable bonds is 4. The molecule has 3 heteroatoms. The van der Waals surface area contributed by atoms with Crippen LogP contribution in [0.1, 0.15) is 5.56 Å². The van der Waals surface area contributed by atoms with Crippen molar-refractivity contribution >= 4 is 43.6 Å². The molecule has 0 aliphatic carbocycles. The monoisotopic (exact) mass is 585 g/mol. The number of nitriles is 1. The van der Waals surface area contributed by atoms with E-state index in [9.17, 15) is 5.26 Å². The number of nitrogens with zero attached hydrogens (tertiary/aromatic N) is 3. The lowest BCUT2D eigenvalue weighted by atomic mass is 9.89. The van der Waals surface area contributed by atoms with Gasteiger partial charge in [-0.25, -0.2) is 0 Å². The van der Waals surface area contributed by atoms with Crippen molar-refractivity contribution in [1.82, 2.24) is 9.13 Å². The van der Waals surface area contributed by atoms with Crippen LogP contribution < -0.4 is 0 Å². The molecule has 0 aliphatic rings. The fourth-order valence-electron chi connectivity index (χ4n) is 7.24. The smallest absolute Gasteiger partial charge is 0.0998 e. The Kier molecular flexibility index (Phi) is 5.88. The van der Waals surface area contributed by atoms with E-state index in [-0.39, 0.29) is 0 Å². The average Bonchev–Trinajstić information content (AvgIpc) is 3.64. The first kappa shape index (κ1) is 26.1. The van der Waals surface area contributed by atoms with Gasteiger partial charge in [-0.15, -0.1) is 0 Å². The summed E-state index contributed by atoms with van der Waals surface area (Å²) < 4.78 is 4.68. The zero-order valence-corrected chi connectivity index (χ0v) is 24.9. The highest BCUT2D eigenvalue weighted by atomic mass is 15.0. The van der Waals surface area contributed by atoms with Crippen LogP contribution in [0.3, 0.4) is 0 Å². The first-order chi connectivity index (χ1) is 22.8. The van der Waals surface area contributed by atoms with Crippen LogP contribution in [0.5, 0.6) is 0 Å². The zero-order valence-electron chi connectivity index (χ0n) is 24.9. The predicted molar refractivity (Wildman–Crippen MR) is 191 cm³/mol. The summed E-state index contributed by atoms with van der Waals surface area (Å²) in [6.07, 6.45) is 0. The molecule has 0 unspecified atom stereocenters. The predicted octanol–water partition coefficient (Wildman–Crippen LogP) is 11.1. The molecule has 9 rings (SSSR count). The average molecular weight is 586 g/mol. The molecule has 3 nitrogen and oxygen atoms in total. The lowest BCUT2D eigenvalue weighted by Gasteiger charge is -2.18. The van der Waals surface area contributed by atoms with Gasteiger partial charge in [0.25, 0.3) is 0 Å². The van der Waals surface area contributed by atoms with Crippen LogP contribution in [0.2, 0.25) is 0 Å². The van der Waals surface area contributed by atoms with Gasteiger partial charge in [0, 0.05) is 38.4 Å². The fraction of sp³-hybridized carbons (Fsp3) is 0. The number of aromatic nitrogens is 2. The van der Waals surface area contributed by atoms with Gasteiger partial charge in [0.2, 0.25) is 0 Å². The summed E-state index contributed by atoms with van der Waals surface area (Å²) in [6.45, 7) is 0. The van der Waals surface area contributed by atoms with Crippen molar-refractivity contribution in [3.8, 4) is 39.7 Å². The summed E-state index contributed by atoms with van der Waals surface area (Å²) in [5, 5.41) is 15.3. The van der Waals surface area contributed by atoms with Gasteiger partial charge >= 0.3 is 0 Å². The molecule has 7 aromatic carbocycles. The van der Waals surface area contributed by atoms with E-state index < -0.39 is 0 Å². The highest BCUT2D eigenvalue weighted by Gasteiger charge is 2.20. The van der Waals surface area contributed by atoms with Crippen LogP contribution in [0.15, 0.2) is 164 Å². The van der Waals surface area contributed by atoms with Crippen LogP contribution in [0, 0.1) is 11.3 Å². The van der Waals surface area contributed by atoms with E-state index in [0.29, 0.717) is 5.56 Å². The molecule has 0 spiro atoms. The van der Waals surface area contributed by atoms with Crippen LogP contribution in [0.4, 0.5) is 0 Å². The van der Waals surface area contributed by atoms with Crippen LogP contribution >= 0.6 is 0 Å². The second-order valence-electron chi connectivity index (χ2n) is 11.6. The Morgan fingerprint density at radius 2 is 0.957 bits per heavy atom. The molecule has 0 radical (unpaired) electrons. The molecule has 0 atom stereocenters. The highest BCUT2D eigenvalue weighted by Crippen LogP contribution is 2.42. The van der Waals surface area contributed by atoms with E-state index >= 15 is 0 Å². The maximum Gasteiger partial charge on any atom is 0.0998 e. The lowest BCUT2D eigenvalue weighted by molar-refractivity contribution is 1.18. The molecule has 0 bridgehead atoms. The van der Waals surface area contributed by atoms with Gasteiger partial charge < -0.3 is 9.13 Å². The van der Waals surface area contributed by atoms with Crippen molar-refractivity contribution in [3.05, 3.63) is 169 Å². The molecule has 0 amide bonds. The first-order valence-electron chi connectivity index (χ1n) is 15.5. The second kappa shape index (κ2) is 10.4. The van der Waals surface area contributed by atoms with Crippen molar-refractivity contribution < 1.29 is 0 Å². The third kappa shape index (κ3) is 3.84. The van der Waals surface area contributed by atoms with Gasteiger partial charge in [0.1, 0.15) is 0 Å². The summed E-state index contributed by atoms with van der Waals surface area (Å²) in [6, 6.07) is 60.0. The quantitative estimate of drug-likeness (QED) is 0.202. The van der Waals surface area contributed by atoms with Gasteiger partial charge in [0.05, 0.1) is 39.4 Å². The Labute approximate surface area is 266 Å². The minimum Gasteiger partial charge on any atom is -0.309 e. The third-order valence-electron chi connectivity index (χ3n) is 9.18. The SMILES string of the molecule is N#Cc1cccc(-c2ccccc2-n2c3ccccc3c3ccccc32)c1-c1ccc2c(c1)c1ccccc1n2-c1ccccc1. The summed E-state index contributed by atoms with van der Waals surface area (Å²) in [5.41, 5.74) is 11.5. The van der Waals surface area contributed by atoms with E-state index in [4.69, 9.17) is 0 Å².